The number of hydrogen-bond acceptors (Lipinski definition) is 2. The van der Waals surface area contributed by atoms with E-state index in [1.807, 2.05) is 48.7 Å². The highest BCUT2D eigenvalue weighted by Crippen LogP contribution is 2.23. The molecule has 120 valence electrons. The maximum atomic E-state index is 4.95. The lowest BCUT2D eigenvalue weighted by molar-refractivity contribution is 1.33. The summed E-state index contributed by atoms with van der Waals surface area (Å²) in [6.07, 6.45) is 1.89. The molecule has 0 saturated carbocycles. The Kier molecular flexibility index (Phi) is 4.09. The van der Waals surface area contributed by atoms with Gasteiger partial charge in [-0.25, -0.2) is 4.99 Å². The number of nitrogens with zero attached hydrogens (tertiary/aromatic N) is 2. The Balaban J connectivity index is 1.86. The third-order valence-corrected chi connectivity index (χ3v) is 4.14. The van der Waals surface area contributed by atoms with Gasteiger partial charge in [0.1, 0.15) is 0 Å². The second-order valence-electron chi connectivity index (χ2n) is 6.08. The molecule has 4 rings (SSSR count). The van der Waals surface area contributed by atoms with Crippen LogP contribution in [0.5, 0.6) is 0 Å². The van der Waals surface area contributed by atoms with Crippen molar-refractivity contribution in [3.8, 4) is 0 Å². The number of pyridine rings is 1. The average molecular weight is 322 g/mol. The molecule has 0 saturated heterocycles. The Bertz CT molecular complexity index is 994. The molecular weight excluding hydrogens is 304 g/mol. The van der Waals surface area contributed by atoms with E-state index in [0.717, 1.165) is 39.0 Å². The first-order chi connectivity index (χ1) is 12.3. The maximum Gasteiger partial charge on any atom is 0.0781 e. The summed E-state index contributed by atoms with van der Waals surface area (Å²) in [5.74, 6) is 0. The minimum absolute atomic E-state index is 0.909. The molecule has 0 N–H and O–H groups in total. The predicted octanol–water partition coefficient (Wildman–Crippen LogP) is 5.71. The molecule has 2 heteroatoms. The van der Waals surface area contributed by atoms with Crippen LogP contribution < -0.4 is 0 Å². The minimum Gasteiger partial charge on any atom is -0.256 e. The van der Waals surface area contributed by atoms with Crippen molar-refractivity contribution >= 4 is 22.3 Å². The van der Waals surface area contributed by atoms with Gasteiger partial charge in [0.15, 0.2) is 0 Å². The molecule has 0 aliphatic heterocycles. The van der Waals surface area contributed by atoms with E-state index in [4.69, 9.17) is 4.99 Å². The summed E-state index contributed by atoms with van der Waals surface area (Å²) >= 11 is 0. The van der Waals surface area contributed by atoms with Gasteiger partial charge in [-0.15, -0.1) is 0 Å². The van der Waals surface area contributed by atoms with Crippen LogP contribution in [0.15, 0.2) is 96.1 Å². The molecule has 1 aromatic heterocycles. The molecule has 0 aliphatic carbocycles. The van der Waals surface area contributed by atoms with Gasteiger partial charge in [0.05, 0.1) is 16.9 Å². The SMILES string of the molecule is Cc1cnc2cc(N=C(c3ccccc3)c3ccccc3)ccc2c1. The highest BCUT2D eigenvalue weighted by molar-refractivity contribution is 6.14. The van der Waals surface area contributed by atoms with Gasteiger partial charge < -0.3 is 0 Å². The summed E-state index contributed by atoms with van der Waals surface area (Å²) in [7, 11) is 0. The topological polar surface area (TPSA) is 25.2 Å². The third-order valence-electron chi connectivity index (χ3n) is 4.14. The Morgan fingerprint density at radius 1 is 0.760 bits per heavy atom. The van der Waals surface area contributed by atoms with Crippen molar-refractivity contribution in [1.29, 1.82) is 0 Å². The van der Waals surface area contributed by atoms with E-state index in [-0.39, 0.29) is 0 Å². The number of rotatable bonds is 3. The number of fused-ring (bicyclic) bond motifs is 1. The van der Waals surface area contributed by atoms with Gasteiger partial charge in [-0.2, -0.15) is 0 Å². The molecule has 2 nitrogen and oxygen atoms in total. The second-order valence-corrected chi connectivity index (χ2v) is 6.08. The normalized spacial score (nSPS) is 10.6. The number of aryl methyl sites for hydroxylation is 1. The fraction of sp³-hybridized carbons (Fsp3) is 0.0435. The van der Waals surface area contributed by atoms with Gasteiger partial charge in [0.2, 0.25) is 0 Å². The fourth-order valence-electron chi connectivity index (χ4n) is 2.91. The predicted molar refractivity (Wildman–Crippen MR) is 105 cm³/mol. The van der Waals surface area contributed by atoms with Crippen molar-refractivity contribution < 1.29 is 0 Å². The minimum atomic E-state index is 0.909. The number of aromatic nitrogens is 1. The zero-order chi connectivity index (χ0) is 17.1. The Morgan fingerprint density at radius 2 is 1.40 bits per heavy atom. The number of hydrogen-bond donors (Lipinski definition) is 0. The average Bonchev–Trinajstić information content (AvgIpc) is 2.67. The van der Waals surface area contributed by atoms with E-state index < -0.39 is 0 Å². The van der Waals surface area contributed by atoms with Crippen LogP contribution >= 0.6 is 0 Å². The van der Waals surface area contributed by atoms with E-state index in [0.29, 0.717) is 0 Å². The first-order valence-electron chi connectivity index (χ1n) is 8.35. The molecule has 25 heavy (non-hydrogen) atoms. The molecule has 0 amide bonds. The van der Waals surface area contributed by atoms with Crippen LogP contribution in [0.3, 0.4) is 0 Å². The highest BCUT2D eigenvalue weighted by atomic mass is 14.8. The summed E-state index contributed by atoms with van der Waals surface area (Å²) in [6.45, 7) is 2.06. The number of benzene rings is 3. The maximum absolute atomic E-state index is 4.95. The lowest BCUT2D eigenvalue weighted by Crippen LogP contribution is -2.02. The van der Waals surface area contributed by atoms with E-state index in [2.05, 4.69) is 54.4 Å². The van der Waals surface area contributed by atoms with Gasteiger partial charge in [-0.05, 0) is 30.7 Å². The monoisotopic (exact) mass is 322 g/mol. The molecule has 3 aromatic carbocycles. The van der Waals surface area contributed by atoms with E-state index in [9.17, 15) is 0 Å². The molecule has 0 spiro atoms. The van der Waals surface area contributed by atoms with Gasteiger partial charge in [-0.3, -0.25) is 4.98 Å². The van der Waals surface area contributed by atoms with Crippen LogP contribution in [0, 0.1) is 6.92 Å². The van der Waals surface area contributed by atoms with Gasteiger partial charge >= 0.3 is 0 Å². The van der Waals surface area contributed by atoms with Gasteiger partial charge in [0, 0.05) is 22.7 Å². The summed E-state index contributed by atoms with van der Waals surface area (Å²) < 4.78 is 0. The highest BCUT2D eigenvalue weighted by Gasteiger charge is 2.07. The van der Waals surface area contributed by atoms with Crippen molar-refractivity contribution in [3.63, 3.8) is 0 Å². The molecule has 0 radical (unpaired) electrons. The van der Waals surface area contributed by atoms with Crippen LogP contribution in [-0.4, -0.2) is 10.7 Å². The van der Waals surface area contributed by atoms with Crippen molar-refractivity contribution in [2.75, 3.05) is 0 Å². The molecular formula is C23H18N2. The summed E-state index contributed by atoms with van der Waals surface area (Å²) in [5.41, 5.74) is 6.21. The quantitative estimate of drug-likeness (QED) is 0.443. The lowest BCUT2D eigenvalue weighted by atomic mass is 10.0. The Hall–Kier alpha value is -3.26. The van der Waals surface area contributed by atoms with Crippen LogP contribution in [0.2, 0.25) is 0 Å². The fourth-order valence-corrected chi connectivity index (χ4v) is 2.91. The molecule has 4 aromatic rings. The standard InChI is InChI=1S/C23H18N2/c1-17-14-20-12-13-21(15-22(20)24-16-17)25-23(18-8-4-2-5-9-18)19-10-6-3-7-11-19/h2-16H,1H3. The third kappa shape index (κ3) is 3.33. The van der Waals surface area contributed by atoms with E-state index in [1.165, 1.54) is 0 Å². The van der Waals surface area contributed by atoms with Crippen LogP contribution in [0.1, 0.15) is 16.7 Å². The smallest absolute Gasteiger partial charge is 0.0781 e. The van der Waals surface area contributed by atoms with E-state index >= 15 is 0 Å². The zero-order valence-corrected chi connectivity index (χ0v) is 14.1. The Labute approximate surface area is 147 Å². The zero-order valence-electron chi connectivity index (χ0n) is 14.1. The van der Waals surface area contributed by atoms with Crippen molar-refractivity contribution in [3.05, 3.63) is 108 Å². The second kappa shape index (κ2) is 6.70. The van der Waals surface area contributed by atoms with E-state index in [1.54, 1.807) is 0 Å². The van der Waals surface area contributed by atoms with Crippen molar-refractivity contribution in [1.82, 2.24) is 4.98 Å². The largest absolute Gasteiger partial charge is 0.256 e. The molecule has 0 aliphatic rings. The van der Waals surface area contributed by atoms with Crippen LogP contribution in [0.4, 0.5) is 5.69 Å². The summed E-state index contributed by atoms with van der Waals surface area (Å²) in [5, 5.41) is 1.14. The molecule has 0 bridgehead atoms. The molecule has 1 heterocycles. The Morgan fingerprint density at radius 3 is 2.04 bits per heavy atom. The molecule has 0 atom stereocenters. The number of aliphatic imine (C=N–C) groups is 1. The summed E-state index contributed by atoms with van der Waals surface area (Å²) in [4.78, 5) is 9.47. The molecule has 0 fully saturated rings. The van der Waals surface area contributed by atoms with Crippen LogP contribution in [-0.2, 0) is 0 Å². The van der Waals surface area contributed by atoms with Crippen LogP contribution in [0.25, 0.3) is 10.9 Å². The first-order valence-corrected chi connectivity index (χ1v) is 8.35. The summed E-state index contributed by atoms with van der Waals surface area (Å²) in [6, 6.07) is 28.9. The first kappa shape index (κ1) is 15.3. The van der Waals surface area contributed by atoms with Crippen molar-refractivity contribution in [2.45, 2.75) is 6.92 Å². The lowest BCUT2D eigenvalue weighted by Gasteiger charge is -2.08. The molecule has 0 unspecified atom stereocenters. The van der Waals surface area contributed by atoms with Gasteiger partial charge in [0.25, 0.3) is 0 Å². The van der Waals surface area contributed by atoms with Crippen molar-refractivity contribution in [2.24, 2.45) is 4.99 Å². The van der Waals surface area contributed by atoms with Gasteiger partial charge in [-0.1, -0.05) is 66.7 Å².